The van der Waals surface area contributed by atoms with Gasteiger partial charge in [0, 0.05) is 57.2 Å². The van der Waals surface area contributed by atoms with Crippen molar-refractivity contribution >= 4 is 17.5 Å². The normalized spacial score (nSPS) is 23.3. The highest BCUT2D eigenvalue weighted by Gasteiger charge is 2.31. The van der Waals surface area contributed by atoms with Gasteiger partial charge in [-0.2, -0.15) is 0 Å². The summed E-state index contributed by atoms with van der Waals surface area (Å²) in [5.41, 5.74) is 1.50. The van der Waals surface area contributed by atoms with Crippen LogP contribution in [0.15, 0.2) is 42.5 Å². The van der Waals surface area contributed by atoms with Gasteiger partial charge in [-0.3, -0.25) is 14.5 Å². The average molecular weight is 510 g/mol. The summed E-state index contributed by atoms with van der Waals surface area (Å²) in [4.78, 5) is 30.5. The van der Waals surface area contributed by atoms with E-state index in [0.717, 1.165) is 19.0 Å². The van der Waals surface area contributed by atoms with Crippen molar-refractivity contribution in [2.75, 3.05) is 52.8 Å². The van der Waals surface area contributed by atoms with Crippen molar-refractivity contribution in [1.82, 2.24) is 9.80 Å². The molecule has 0 bridgehead atoms. The van der Waals surface area contributed by atoms with E-state index < -0.39 is 0 Å². The largest absolute Gasteiger partial charge is 0.497 e. The molecular formula is C29H39N3O5. The van der Waals surface area contributed by atoms with Crippen LogP contribution in [0.5, 0.6) is 11.5 Å². The van der Waals surface area contributed by atoms with E-state index in [4.69, 9.17) is 14.2 Å². The van der Waals surface area contributed by atoms with Gasteiger partial charge in [0.05, 0.1) is 18.8 Å². The highest BCUT2D eigenvalue weighted by atomic mass is 16.5. The predicted octanol–water partition coefficient (Wildman–Crippen LogP) is 4.16. The number of nitrogens with zero attached hydrogens (tertiary/aromatic N) is 2. The first kappa shape index (κ1) is 26.9. The second-order valence-electron chi connectivity index (χ2n) is 10.4. The highest BCUT2D eigenvalue weighted by molar-refractivity contribution is 6.05. The molecule has 2 aliphatic rings. The maximum Gasteiger partial charge on any atom is 0.257 e. The minimum atomic E-state index is -0.267. The number of rotatable bonds is 6. The van der Waals surface area contributed by atoms with Gasteiger partial charge in [-0.05, 0) is 61.9 Å². The molecule has 200 valence electrons. The lowest BCUT2D eigenvalue weighted by Gasteiger charge is -2.36. The van der Waals surface area contributed by atoms with Crippen LogP contribution in [0.3, 0.4) is 0 Å². The van der Waals surface area contributed by atoms with Gasteiger partial charge in [0.2, 0.25) is 0 Å². The van der Waals surface area contributed by atoms with Gasteiger partial charge in [0.25, 0.3) is 11.8 Å². The Bertz CT molecular complexity index is 1100. The van der Waals surface area contributed by atoms with E-state index in [2.05, 4.69) is 24.1 Å². The third-order valence-electron chi connectivity index (χ3n) is 7.36. The summed E-state index contributed by atoms with van der Waals surface area (Å²) in [6.45, 7) is 7.21. The van der Waals surface area contributed by atoms with Crippen molar-refractivity contribution in [2.45, 2.75) is 38.8 Å². The number of amides is 2. The van der Waals surface area contributed by atoms with Crippen LogP contribution in [-0.4, -0.2) is 81.3 Å². The van der Waals surface area contributed by atoms with Crippen molar-refractivity contribution in [3.63, 3.8) is 0 Å². The summed E-state index contributed by atoms with van der Waals surface area (Å²) >= 11 is 0. The molecule has 8 heteroatoms. The zero-order chi connectivity index (χ0) is 26.5. The Morgan fingerprint density at radius 1 is 1.11 bits per heavy atom. The molecule has 0 unspecified atom stereocenters. The Kier molecular flexibility index (Phi) is 8.71. The summed E-state index contributed by atoms with van der Waals surface area (Å²) in [5.74, 6) is 1.67. The number of anilines is 1. The molecule has 1 saturated carbocycles. The van der Waals surface area contributed by atoms with Crippen molar-refractivity contribution in [2.24, 2.45) is 11.8 Å². The number of likely N-dealkylation sites (N-methyl/N-ethyl adjacent to an activating group) is 1. The number of carbonyl (C=O) groups excluding carboxylic acids is 2. The van der Waals surface area contributed by atoms with Gasteiger partial charge in [-0.15, -0.1) is 0 Å². The van der Waals surface area contributed by atoms with E-state index in [0.29, 0.717) is 41.5 Å². The first-order valence-electron chi connectivity index (χ1n) is 13.0. The molecule has 8 nitrogen and oxygen atoms in total. The topological polar surface area (TPSA) is 80.3 Å². The molecule has 1 aliphatic heterocycles. The predicted molar refractivity (Wildman–Crippen MR) is 144 cm³/mol. The van der Waals surface area contributed by atoms with Crippen LogP contribution < -0.4 is 14.8 Å². The molecule has 1 aliphatic carbocycles. The molecule has 1 heterocycles. The molecule has 1 fully saturated rings. The lowest BCUT2D eigenvalue weighted by Crippen LogP contribution is -2.47. The Labute approximate surface area is 219 Å². The smallest absolute Gasteiger partial charge is 0.257 e. The van der Waals surface area contributed by atoms with Crippen molar-refractivity contribution in [3.8, 4) is 11.5 Å². The molecule has 0 aromatic heterocycles. The van der Waals surface area contributed by atoms with Crippen LogP contribution in [0.1, 0.15) is 47.4 Å². The summed E-state index contributed by atoms with van der Waals surface area (Å²) < 4.78 is 17.3. The number of hydrogen-bond donors (Lipinski definition) is 1. The average Bonchev–Trinajstić information content (AvgIpc) is 3.73. The number of ether oxygens (including phenoxy) is 3. The second-order valence-corrected chi connectivity index (χ2v) is 10.4. The van der Waals surface area contributed by atoms with E-state index in [1.54, 1.807) is 68.6 Å². The molecule has 2 aromatic carbocycles. The number of fused-ring (bicyclic) bond motifs is 1. The minimum Gasteiger partial charge on any atom is -0.497 e. The molecule has 1 N–H and O–H groups in total. The van der Waals surface area contributed by atoms with Gasteiger partial charge < -0.3 is 24.4 Å². The number of nitrogens with one attached hydrogen (secondary N) is 1. The molecule has 0 radical (unpaired) electrons. The fourth-order valence-corrected chi connectivity index (χ4v) is 4.78. The van der Waals surface area contributed by atoms with Gasteiger partial charge in [0.1, 0.15) is 18.1 Å². The van der Waals surface area contributed by atoms with Crippen molar-refractivity contribution in [3.05, 3.63) is 53.6 Å². The van der Waals surface area contributed by atoms with E-state index in [9.17, 15) is 9.59 Å². The Morgan fingerprint density at radius 2 is 1.89 bits per heavy atom. The standard InChI is InChI=1S/C29H39N3O5/c1-19-15-32(16-21-9-10-21)20(2)18-37-26-14-23(30-28(33)22-7-6-8-24(13-22)35-4)11-12-25(26)29(34)31(3)17-27(19)36-5/h6-8,11-14,19-21,27H,9-10,15-18H2,1-5H3,(H,30,33)/t19-,20-,27+/m0/s1. The van der Waals surface area contributed by atoms with E-state index in [1.807, 2.05) is 0 Å². The van der Waals surface area contributed by atoms with Gasteiger partial charge in [-0.1, -0.05) is 13.0 Å². The quantitative estimate of drug-likeness (QED) is 0.630. The Hall–Kier alpha value is -3.10. The summed E-state index contributed by atoms with van der Waals surface area (Å²) in [7, 11) is 5.07. The van der Waals surface area contributed by atoms with Crippen LogP contribution in [-0.2, 0) is 4.74 Å². The van der Waals surface area contributed by atoms with Crippen LogP contribution >= 0.6 is 0 Å². The fraction of sp³-hybridized carbons (Fsp3) is 0.517. The number of carbonyl (C=O) groups is 2. The fourth-order valence-electron chi connectivity index (χ4n) is 4.78. The lowest BCUT2D eigenvalue weighted by molar-refractivity contribution is 0.00994. The van der Waals surface area contributed by atoms with E-state index in [1.165, 1.54) is 12.8 Å². The zero-order valence-corrected chi connectivity index (χ0v) is 22.5. The van der Waals surface area contributed by atoms with E-state index in [-0.39, 0.29) is 29.9 Å². The Balaban J connectivity index is 1.60. The number of hydrogen-bond acceptors (Lipinski definition) is 6. The van der Waals surface area contributed by atoms with Crippen molar-refractivity contribution < 1.29 is 23.8 Å². The Morgan fingerprint density at radius 3 is 2.59 bits per heavy atom. The first-order valence-corrected chi connectivity index (χ1v) is 13.0. The molecule has 37 heavy (non-hydrogen) atoms. The molecule has 0 saturated heterocycles. The molecule has 2 amide bonds. The SMILES string of the molecule is COc1cccc(C(=O)Nc2ccc3c(c2)OC[C@H](C)N(CC2CC2)C[C@H](C)[C@H](OC)CN(C)C3=O)c1. The van der Waals surface area contributed by atoms with Crippen molar-refractivity contribution in [1.29, 1.82) is 0 Å². The summed E-state index contributed by atoms with van der Waals surface area (Å²) in [6, 6.07) is 12.3. The molecule has 3 atom stereocenters. The maximum absolute atomic E-state index is 13.4. The van der Waals surface area contributed by atoms with Crippen LogP contribution in [0.25, 0.3) is 0 Å². The van der Waals surface area contributed by atoms with Gasteiger partial charge in [0.15, 0.2) is 0 Å². The third kappa shape index (κ3) is 6.81. The third-order valence-corrected chi connectivity index (χ3v) is 7.36. The summed E-state index contributed by atoms with van der Waals surface area (Å²) in [6.07, 6.45) is 2.48. The molecular weight excluding hydrogens is 470 g/mol. The zero-order valence-electron chi connectivity index (χ0n) is 22.5. The monoisotopic (exact) mass is 509 g/mol. The summed E-state index contributed by atoms with van der Waals surface area (Å²) in [5, 5.41) is 2.92. The second kappa shape index (κ2) is 12.0. The minimum absolute atomic E-state index is 0.0759. The number of benzene rings is 2. The molecule has 4 rings (SSSR count). The first-order chi connectivity index (χ1) is 17.8. The van der Waals surface area contributed by atoms with Gasteiger partial charge in [-0.25, -0.2) is 0 Å². The highest BCUT2D eigenvalue weighted by Crippen LogP contribution is 2.32. The lowest BCUT2D eigenvalue weighted by atomic mass is 10.0. The molecule has 0 spiro atoms. The van der Waals surface area contributed by atoms with Crippen LogP contribution in [0.2, 0.25) is 0 Å². The van der Waals surface area contributed by atoms with E-state index >= 15 is 0 Å². The molecule has 2 aromatic rings. The van der Waals surface area contributed by atoms with Gasteiger partial charge >= 0.3 is 0 Å². The van der Waals surface area contributed by atoms with Crippen LogP contribution in [0.4, 0.5) is 5.69 Å². The van der Waals surface area contributed by atoms with Crippen LogP contribution in [0, 0.1) is 11.8 Å². The number of methoxy groups -OCH3 is 2. The maximum atomic E-state index is 13.4.